The first kappa shape index (κ1) is 17.8. The SMILES string of the molecule is COC(=O)[C@@H]1CC(C(C)C)C(OC)N1C(=O)OC(C)(C)C. The molecule has 122 valence electrons. The summed E-state index contributed by atoms with van der Waals surface area (Å²) in [6.07, 6.45) is -0.515. The van der Waals surface area contributed by atoms with Gasteiger partial charge in [-0.2, -0.15) is 0 Å². The monoisotopic (exact) mass is 301 g/mol. The molecule has 3 atom stereocenters. The Hall–Kier alpha value is -1.30. The molecule has 0 bridgehead atoms. The lowest BCUT2D eigenvalue weighted by Crippen LogP contribution is -2.49. The smallest absolute Gasteiger partial charge is 0.413 e. The van der Waals surface area contributed by atoms with E-state index in [2.05, 4.69) is 0 Å². The average molecular weight is 301 g/mol. The summed E-state index contributed by atoms with van der Waals surface area (Å²) in [4.78, 5) is 25.8. The van der Waals surface area contributed by atoms with E-state index < -0.39 is 29.9 Å². The quantitative estimate of drug-likeness (QED) is 0.749. The molecule has 1 amide bonds. The number of amides is 1. The fourth-order valence-electron chi connectivity index (χ4n) is 2.65. The second-order valence-electron chi connectivity index (χ2n) is 6.70. The van der Waals surface area contributed by atoms with Crippen LogP contribution in [0.15, 0.2) is 0 Å². The Bertz CT molecular complexity index is 388. The van der Waals surface area contributed by atoms with E-state index in [1.165, 1.54) is 19.1 Å². The molecule has 0 aliphatic carbocycles. The summed E-state index contributed by atoms with van der Waals surface area (Å²) in [5.74, 6) is -0.104. The zero-order chi connectivity index (χ0) is 16.4. The van der Waals surface area contributed by atoms with Gasteiger partial charge in [0, 0.05) is 13.0 Å². The highest BCUT2D eigenvalue weighted by atomic mass is 16.6. The molecular formula is C15H27NO5. The third kappa shape index (κ3) is 4.09. The zero-order valence-corrected chi connectivity index (χ0v) is 14.0. The van der Waals surface area contributed by atoms with E-state index in [9.17, 15) is 9.59 Å². The Balaban J connectivity index is 3.07. The average Bonchev–Trinajstić information content (AvgIpc) is 2.75. The molecule has 0 radical (unpaired) electrons. The predicted octanol–water partition coefficient (Wildman–Crippen LogP) is 2.41. The van der Waals surface area contributed by atoms with Crippen LogP contribution in [0.25, 0.3) is 0 Å². The van der Waals surface area contributed by atoms with Crippen LogP contribution in [0, 0.1) is 11.8 Å². The van der Waals surface area contributed by atoms with Gasteiger partial charge in [0.2, 0.25) is 0 Å². The molecule has 0 aromatic carbocycles. The van der Waals surface area contributed by atoms with Crippen molar-refractivity contribution in [1.29, 1.82) is 0 Å². The van der Waals surface area contributed by atoms with E-state index >= 15 is 0 Å². The summed E-state index contributed by atoms with van der Waals surface area (Å²) in [5.41, 5.74) is -0.633. The second-order valence-corrected chi connectivity index (χ2v) is 6.70. The summed E-state index contributed by atoms with van der Waals surface area (Å²) >= 11 is 0. The highest BCUT2D eigenvalue weighted by Crippen LogP contribution is 2.36. The van der Waals surface area contributed by atoms with E-state index in [1.54, 1.807) is 20.8 Å². The Morgan fingerprint density at radius 2 is 1.76 bits per heavy atom. The number of rotatable bonds is 3. The maximum absolute atomic E-state index is 12.4. The van der Waals surface area contributed by atoms with Crippen molar-refractivity contribution in [3.63, 3.8) is 0 Å². The fraction of sp³-hybridized carbons (Fsp3) is 0.867. The molecule has 0 spiro atoms. The van der Waals surface area contributed by atoms with Crippen LogP contribution >= 0.6 is 0 Å². The second kappa shape index (κ2) is 6.64. The van der Waals surface area contributed by atoms with Gasteiger partial charge in [-0.25, -0.2) is 9.59 Å². The largest absolute Gasteiger partial charge is 0.467 e. The van der Waals surface area contributed by atoms with Crippen LogP contribution in [0.4, 0.5) is 4.79 Å². The Kier molecular flexibility index (Phi) is 5.61. The molecule has 1 rings (SSSR count). The van der Waals surface area contributed by atoms with E-state index in [4.69, 9.17) is 14.2 Å². The Morgan fingerprint density at radius 1 is 1.19 bits per heavy atom. The first-order chi connectivity index (χ1) is 9.62. The maximum Gasteiger partial charge on any atom is 0.413 e. The van der Waals surface area contributed by atoms with Crippen molar-refractivity contribution in [3.05, 3.63) is 0 Å². The van der Waals surface area contributed by atoms with Crippen LogP contribution in [0.2, 0.25) is 0 Å². The van der Waals surface area contributed by atoms with Crippen LogP contribution in [0.3, 0.4) is 0 Å². The Morgan fingerprint density at radius 3 is 2.14 bits per heavy atom. The van der Waals surface area contributed by atoms with Crippen molar-refractivity contribution in [3.8, 4) is 0 Å². The third-order valence-electron chi connectivity index (χ3n) is 3.65. The van der Waals surface area contributed by atoms with Crippen molar-refractivity contribution in [2.24, 2.45) is 11.8 Å². The number of hydrogen-bond acceptors (Lipinski definition) is 5. The minimum atomic E-state index is -0.665. The summed E-state index contributed by atoms with van der Waals surface area (Å²) in [6.45, 7) is 9.45. The van der Waals surface area contributed by atoms with Crippen molar-refractivity contribution < 1.29 is 23.8 Å². The van der Waals surface area contributed by atoms with Crippen LogP contribution in [-0.2, 0) is 19.0 Å². The molecule has 0 aromatic rings. The standard InChI is InChI=1S/C15H27NO5/c1-9(2)10-8-11(13(17)20-7)16(12(10)19-6)14(18)21-15(3,4)5/h9-12H,8H2,1-7H3/t10?,11-,12?/m0/s1. The van der Waals surface area contributed by atoms with Gasteiger partial charge in [0.15, 0.2) is 0 Å². The highest BCUT2D eigenvalue weighted by Gasteiger charge is 2.50. The number of likely N-dealkylation sites (tertiary alicyclic amines) is 1. The van der Waals surface area contributed by atoms with Crippen LogP contribution in [0.1, 0.15) is 41.0 Å². The number of esters is 1. The molecule has 1 saturated heterocycles. The molecule has 0 saturated carbocycles. The van der Waals surface area contributed by atoms with Gasteiger partial charge in [-0.3, -0.25) is 4.90 Å². The molecule has 6 nitrogen and oxygen atoms in total. The minimum absolute atomic E-state index is 0.0617. The van der Waals surface area contributed by atoms with E-state index in [-0.39, 0.29) is 11.8 Å². The lowest BCUT2D eigenvalue weighted by molar-refractivity contribution is -0.148. The van der Waals surface area contributed by atoms with Crippen molar-refractivity contribution >= 4 is 12.1 Å². The number of hydrogen-bond donors (Lipinski definition) is 0. The molecule has 1 fully saturated rings. The number of nitrogens with zero attached hydrogens (tertiary/aromatic N) is 1. The van der Waals surface area contributed by atoms with Crippen molar-refractivity contribution in [2.45, 2.75) is 58.9 Å². The molecule has 21 heavy (non-hydrogen) atoms. The topological polar surface area (TPSA) is 65.1 Å². The first-order valence-corrected chi connectivity index (χ1v) is 7.24. The van der Waals surface area contributed by atoms with Gasteiger partial charge in [-0.15, -0.1) is 0 Å². The van der Waals surface area contributed by atoms with Gasteiger partial charge in [-0.05, 0) is 33.1 Å². The summed E-state index contributed by atoms with van der Waals surface area (Å²) in [5, 5.41) is 0. The van der Waals surface area contributed by atoms with Gasteiger partial charge in [0.25, 0.3) is 0 Å². The van der Waals surface area contributed by atoms with E-state index in [0.29, 0.717) is 6.42 Å². The molecule has 0 N–H and O–H groups in total. The summed E-state index contributed by atoms with van der Waals surface area (Å²) < 4.78 is 15.7. The van der Waals surface area contributed by atoms with Gasteiger partial charge in [0.05, 0.1) is 7.11 Å². The predicted molar refractivity (Wildman–Crippen MR) is 77.6 cm³/mol. The normalized spacial score (nSPS) is 26.1. The van der Waals surface area contributed by atoms with Crippen molar-refractivity contribution in [1.82, 2.24) is 4.90 Å². The van der Waals surface area contributed by atoms with E-state index in [0.717, 1.165) is 0 Å². The van der Waals surface area contributed by atoms with Crippen LogP contribution in [-0.4, -0.2) is 49.1 Å². The number of carbonyl (C=O) groups is 2. The zero-order valence-electron chi connectivity index (χ0n) is 14.0. The fourth-order valence-corrected chi connectivity index (χ4v) is 2.65. The van der Waals surface area contributed by atoms with Crippen LogP contribution < -0.4 is 0 Å². The molecule has 1 aliphatic heterocycles. The van der Waals surface area contributed by atoms with Gasteiger partial charge < -0.3 is 14.2 Å². The maximum atomic E-state index is 12.4. The summed E-state index contributed by atoms with van der Waals surface area (Å²) in [7, 11) is 2.86. The third-order valence-corrected chi connectivity index (χ3v) is 3.65. The van der Waals surface area contributed by atoms with E-state index in [1.807, 2.05) is 13.8 Å². The lowest BCUT2D eigenvalue weighted by Gasteiger charge is -2.32. The molecule has 0 aromatic heterocycles. The molecule has 6 heteroatoms. The molecule has 1 aliphatic rings. The number of carbonyl (C=O) groups excluding carboxylic acids is 2. The first-order valence-electron chi connectivity index (χ1n) is 7.24. The number of ether oxygens (including phenoxy) is 3. The van der Waals surface area contributed by atoms with Gasteiger partial charge in [-0.1, -0.05) is 13.8 Å². The lowest BCUT2D eigenvalue weighted by atomic mass is 9.92. The summed E-state index contributed by atoms with van der Waals surface area (Å²) in [6, 6.07) is -0.665. The molecular weight excluding hydrogens is 274 g/mol. The highest BCUT2D eigenvalue weighted by molar-refractivity contribution is 5.82. The molecule has 1 heterocycles. The number of methoxy groups -OCH3 is 2. The van der Waals surface area contributed by atoms with Crippen LogP contribution in [0.5, 0.6) is 0 Å². The Labute approximate surface area is 126 Å². The minimum Gasteiger partial charge on any atom is -0.467 e. The molecule has 2 unspecified atom stereocenters. The van der Waals surface area contributed by atoms with Crippen molar-refractivity contribution in [2.75, 3.05) is 14.2 Å². The van der Waals surface area contributed by atoms with Gasteiger partial charge in [0.1, 0.15) is 17.9 Å². The van der Waals surface area contributed by atoms with Gasteiger partial charge >= 0.3 is 12.1 Å².